The van der Waals surface area contributed by atoms with Crippen LogP contribution in [0.25, 0.3) is 0 Å². The van der Waals surface area contributed by atoms with Crippen LogP contribution in [0.4, 0.5) is 0 Å². The number of hydrogen-bond acceptors (Lipinski definition) is 5. The molecule has 3 fully saturated rings. The summed E-state index contributed by atoms with van der Waals surface area (Å²) in [6.07, 6.45) is 11.8. The van der Waals surface area contributed by atoms with Gasteiger partial charge in [-0.05, 0) is 32.6 Å². The molecule has 182 valence electrons. The van der Waals surface area contributed by atoms with Gasteiger partial charge in [0.2, 0.25) is 0 Å². The highest BCUT2D eigenvalue weighted by Crippen LogP contribution is 2.36. The second kappa shape index (κ2) is 12.5. The first-order valence-electron chi connectivity index (χ1n) is 12.3. The average Bonchev–Trinajstić information content (AvgIpc) is 3.42. The van der Waals surface area contributed by atoms with E-state index in [0.717, 1.165) is 50.5 Å². The predicted molar refractivity (Wildman–Crippen MR) is 138 cm³/mol. The smallest absolute Gasteiger partial charge is 0.191 e. The van der Waals surface area contributed by atoms with Gasteiger partial charge in [0, 0.05) is 44.7 Å². The molecule has 1 aromatic rings. The number of nitrogens with zero attached hydrogens (tertiary/aromatic N) is 5. The summed E-state index contributed by atoms with van der Waals surface area (Å²) in [4.78, 5) is 7.54. The molecule has 0 amide bonds. The highest BCUT2D eigenvalue weighted by molar-refractivity contribution is 14.0. The van der Waals surface area contributed by atoms with Crippen molar-refractivity contribution in [2.24, 2.45) is 17.5 Å². The first kappa shape index (κ1) is 25.7. The number of aromatic nitrogens is 3. The van der Waals surface area contributed by atoms with Crippen molar-refractivity contribution in [2.45, 2.75) is 77.3 Å². The van der Waals surface area contributed by atoms with Crippen molar-refractivity contribution in [3.05, 3.63) is 11.6 Å². The van der Waals surface area contributed by atoms with Crippen LogP contribution in [0.2, 0.25) is 0 Å². The van der Waals surface area contributed by atoms with Crippen LogP contribution in [0.3, 0.4) is 0 Å². The van der Waals surface area contributed by atoms with Gasteiger partial charge in [-0.2, -0.15) is 0 Å². The Morgan fingerprint density at radius 1 is 1.09 bits per heavy atom. The maximum atomic E-state index is 5.58. The lowest BCUT2D eigenvalue weighted by atomic mass is 9.73. The molecule has 1 saturated heterocycles. The summed E-state index contributed by atoms with van der Waals surface area (Å²) in [5.74, 6) is 2.78. The second-order valence-corrected chi connectivity index (χ2v) is 9.82. The summed E-state index contributed by atoms with van der Waals surface area (Å²) in [7, 11) is 2.01. The van der Waals surface area contributed by atoms with Crippen molar-refractivity contribution in [3.63, 3.8) is 0 Å². The van der Waals surface area contributed by atoms with Crippen molar-refractivity contribution in [3.8, 4) is 0 Å². The Morgan fingerprint density at radius 2 is 1.81 bits per heavy atom. The Balaban J connectivity index is 0.00000289. The molecule has 0 aromatic carbocycles. The van der Waals surface area contributed by atoms with Crippen molar-refractivity contribution >= 4 is 29.9 Å². The highest BCUT2D eigenvalue weighted by atomic mass is 127. The Bertz CT molecular complexity index is 720. The van der Waals surface area contributed by atoms with Crippen LogP contribution < -0.4 is 10.6 Å². The van der Waals surface area contributed by atoms with E-state index in [1.54, 1.807) is 0 Å². The molecular weight excluding hydrogens is 517 g/mol. The molecule has 2 heterocycles. The van der Waals surface area contributed by atoms with Crippen molar-refractivity contribution in [1.29, 1.82) is 0 Å². The Kier molecular flexibility index (Phi) is 10.0. The zero-order valence-corrected chi connectivity index (χ0v) is 22.3. The van der Waals surface area contributed by atoms with E-state index in [-0.39, 0.29) is 24.0 Å². The summed E-state index contributed by atoms with van der Waals surface area (Å²) >= 11 is 0. The minimum Gasteiger partial charge on any atom is -0.379 e. The molecule has 2 aliphatic carbocycles. The first-order chi connectivity index (χ1) is 15.1. The third-order valence-corrected chi connectivity index (χ3v) is 7.47. The summed E-state index contributed by atoms with van der Waals surface area (Å²) in [5.41, 5.74) is 0.328. The highest BCUT2D eigenvalue weighted by Gasteiger charge is 2.34. The summed E-state index contributed by atoms with van der Waals surface area (Å²) in [6.45, 7) is 8.56. The maximum absolute atomic E-state index is 5.58. The van der Waals surface area contributed by atoms with Gasteiger partial charge in [-0.3, -0.25) is 4.90 Å². The lowest BCUT2D eigenvalue weighted by Crippen LogP contribution is -2.52. The van der Waals surface area contributed by atoms with Gasteiger partial charge in [0.05, 0.1) is 13.2 Å². The Labute approximate surface area is 210 Å². The quantitative estimate of drug-likeness (QED) is 0.304. The van der Waals surface area contributed by atoms with Gasteiger partial charge >= 0.3 is 0 Å². The maximum Gasteiger partial charge on any atom is 0.191 e. The Hall–Kier alpha value is -0.940. The largest absolute Gasteiger partial charge is 0.379 e. The molecule has 0 radical (unpaired) electrons. The van der Waals surface area contributed by atoms with Crippen LogP contribution in [0.15, 0.2) is 4.99 Å². The molecule has 4 rings (SSSR count). The molecule has 0 spiro atoms. The lowest BCUT2D eigenvalue weighted by Gasteiger charge is -2.42. The molecule has 0 bridgehead atoms. The average molecular weight is 560 g/mol. The number of morpholine rings is 1. The number of nitrogens with one attached hydrogen (secondary N) is 2. The standard InChI is InChI=1S/C23H41N7O.HI/c1-19-27-28-21(29(19)2)16-24-22(26-20-8-4-5-9-20)25-17-23(10-6-3-7-11-23)18-30-12-14-31-15-13-30;/h20H,3-18H2,1-2H3,(H2,24,25,26);1H. The van der Waals surface area contributed by atoms with Crippen LogP contribution in [-0.2, 0) is 18.3 Å². The van der Waals surface area contributed by atoms with E-state index >= 15 is 0 Å². The minimum absolute atomic E-state index is 0. The normalized spacial score (nSPS) is 22.5. The molecule has 1 aromatic heterocycles. The summed E-state index contributed by atoms with van der Waals surface area (Å²) < 4.78 is 7.61. The SMILES string of the molecule is Cc1nnc(CN=C(NCC2(CN3CCOCC3)CCCCC2)NC2CCCC2)n1C.I. The van der Waals surface area contributed by atoms with E-state index < -0.39 is 0 Å². The molecule has 9 heteroatoms. The van der Waals surface area contributed by atoms with Crippen LogP contribution in [0.1, 0.15) is 69.4 Å². The van der Waals surface area contributed by atoms with Crippen LogP contribution in [-0.4, -0.2) is 71.1 Å². The zero-order valence-electron chi connectivity index (χ0n) is 19.9. The van der Waals surface area contributed by atoms with Crippen LogP contribution >= 0.6 is 24.0 Å². The fourth-order valence-electron chi connectivity index (χ4n) is 5.35. The van der Waals surface area contributed by atoms with E-state index in [1.807, 2.05) is 18.5 Å². The molecule has 0 atom stereocenters. The molecule has 2 N–H and O–H groups in total. The van der Waals surface area contributed by atoms with E-state index in [1.165, 1.54) is 64.3 Å². The van der Waals surface area contributed by atoms with Gasteiger partial charge in [0.1, 0.15) is 12.4 Å². The van der Waals surface area contributed by atoms with Crippen LogP contribution in [0.5, 0.6) is 0 Å². The lowest BCUT2D eigenvalue weighted by molar-refractivity contribution is 0.00819. The van der Waals surface area contributed by atoms with Gasteiger partial charge in [-0.1, -0.05) is 32.1 Å². The van der Waals surface area contributed by atoms with Gasteiger partial charge in [-0.15, -0.1) is 34.2 Å². The molecule has 8 nitrogen and oxygen atoms in total. The fourth-order valence-corrected chi connectivity index (χ4v) is 5.35. The fraction of sp³-hybridized carbons (Fsp3) is 0.870. The van der Waals surface area contributed by atoms with E-state index in [4.69, 9.17) is 9.73 Å². The number of ether oxygens (including phenoxy) is 1. The number of rotatable bonds is 7. The Morgan fingerprint density at radius 3 is 2.47 bits per heavy atom. The monoisotopic (exact) mass is 559 g/mol. The van der Waals surface area contributed by atoms with E-state index in [0.29, 0.717) is 18.0 Å². The van der Waals surface area contributed by atoms with Crippen molar-refractivity contribution < 1.29 is 4.74 Å². The van der Waals surface area contributed by atoms with E-state index in [2.05, 4.69) is 25.7 Å². The number of hydrogen-bond donors (Lipinski definition) is 2. The molecular formula is C23H42IN7O. The zero-order chi connectivity index (χ0) is 21.5. The minimum atomic E-state index is 0. The number of guanidine groups is 1. The summed E-state index contributed by atoms with van der Waals surface area (Å²) in [6, 6.07) is 0.536. The molecule has 32 heavy (non-hydrogen) atoms. The topological polar surface area (TPSA) is 79.6 Å². The molecule has 0 unspecified atom stereocenters. The van der Waals surface area contributed by atoms with Gasteiger partial charge in [-0.25, -0.2) is 4.99 Å². The molecule has 3 aliphatic rings. The van der Waals surface area contributed by atoms with Crippen LogP contribution in [0, 0.1) is 12.3 Å². The van der Waals surface area contributed by atoms with Gasteiger partial charge in [0.25, 0.3) is 0 Å². The number of aliphatic imine (C=N–C) groups is 1. The molecule has 1 aliphatic heterocycles. The van der Waals surface area contributed by atoms with E-state index in [9.17, 15) is 0 Å². The molecule has 2 saturated carbocycles. The van der Waals surface area contributed by atoms with Gasteiger partial charge in [0.15, 0.2) is 11.8 Å². The number of halogens is 1. The van der Waals surface area contributed by atoms with Gasteiger partial charge < -0.3 is 19.9 Å². The number of aryl methyl sites for hydroxylation is 1. The van der Waals surface area contributed by atoms with Crippen molar-refractivity contribution in [2.75, 3.05) is 39.4 Å². The predicted octanol–water partition coefficient (Wildman–Crippen LogP) is 3.00. The third-order valence-electron chi connectivity index (χ3n) is 7.47. The van der Waals surface area contributed by atoms with Crippen molar-refractivity contribution in [1.82, 2.24) is 30.3 Å². The summed E-state index contributed by atoms with van der Waals surface area (Å²) in [5, 5.41) is 16.0. The second-order valence-electron chi connectivity index (χ2n) is 9.82. The third kappa shape index (κ3) is 7.03. The first-order valence-corrected chi connectivity index (χ1v) is 12.3.